The number of amides is 2. The van der Waals surface area contributed by atoms with Gasteiger partial charge in [0.15, 0.2) is 0 Å². The van der Waals surface area contributed by atoms with Gasteiger partial charge in [-0.2, -0.15) is 5.10 Å². The minimum absolute atomic E-state index is 0.0457. The molecule has 0 atom stereocenters. The number of rotatable bonds is 4. The van der Waals surface area contributed by atoms with Crippen LogP contribution in [0.1, 0.15) is 15.2 Å². The lowest BCUT2D eigenvalue weighted by Crippen LogP contribution is -2.50. The third-order valence-electron chi connectivity index (χ3n) is 4.65. The van der Waals surface area contributed by atoms with Gasteiger partial charge in [-0.05, 0) is 29.7 Å². The van der Waals surface area contributed by atoms with Gasteiger partial charge in [0, 0.05) is 44.0 Å². The summed E-state index contributed by atoms with van der Waals surface area (Å²) >= 11 is 1.45. The average molecular weight is 392 g/mol. The number of carbonyl (C=O) groups is 2. The van der Waals surface area contributed by atoms with E-state index < -0.39 is 0 Å². The minimum Gasteiger partial charge on any atom is -0.336 e. The SMILES string of the molecule is O=C(/C=C/c1cnn(-c2ccccc2)c1)N1CCN(C(=O)c2cccs2)CC1. The van der Waals surface area contributed by atoms with Gasteiger partial charge in [-0.15, -0.1) is 11.3 Å². The molecule has 1 saturated heterocycles. The van der Waals surface area contributed by atoms with Crippen LogP contribution in [0.3, 0.4) is 0 Å². The van der Waals surface area contributed by atoms with Crippen molar-refractivity contribution >= 4 is 29.2 Å². The molecule has 142 valence electrons. The summed E-state index contributed by atoms with van der Waals surface area (Å²) in [4.78, 5) is 29.2. The predicted octanol–water partition coefficient (Wildman–Crippen LogP) is 2.93. The first-order valence-electron chi connectivity index (χ1n) is 9.10. The quantitative estimate of drug-likeness (QED) is 0.642. The molecule has 1 aliphatic heterocycles. The second kappa shape index (κ2) is 8.22. The molecule has 2 aromatic heterocycles. The Morgan fingerprint density at radius 1 is 0.964 bits per heavy atom. The van der Waals surface area contributed by atoms with E-state index in [1.165, 1.54) is 11.3 Å². The lowest BCUT2D eigenvalue weighted by molar-refractivity contribution is -0.127. The molecule has 4 rings (SSSR count). The van der Waals surface area contributed by atoms with Crippen molar-refractivity contribution in [3.63, 3.8) is 0 Å². The van der Waals surface area contributed by atoms with Crippen molar-refractivity contribution in [3.8, 4) is 5.69 Å². The fraction of sp³-hybridized carbons (Fsp3) is 0.190. The molecule has 3 aromatic rings. The first-order valence-corrected chi connectivity index (χ1v) is 9.98. The summed E-state index contributed by atoms with van der Waals surface area (Å²) in [7, 11) is 0. The Hall–Kier alpha value is -3.19. The van der Waals surface area contributed by atoms with Crippen molar-refractivity contribution in [1.29, 1.82) is 0 Å². The van der Waals surface area contributed by atoms with Crippen molar-refractivity contribution in [2.75, 3.05) is 26.2 Å². The van der Waals surface area contributed by atoms with Crippen LogP contribution in [-0.2, 0) is 4.79 Å². The fourth-order valence-electron chi connectivity index (χ4n) is 3.10. The summed E-state index contributed by atoms with van der Waals surface area (Å²) in [6, 6.07) is 13.5. The topological polar surface area (TPSA) is 58.4 Å². The Morgan fingerprint density at radius 3 is 2.43 bits per heavy atom. The minimum atomic E-state index is -0.0457. The Kier molecular flexibility index (Phi) is 5.34. The zero-order valence-corrected chi connectivity index (χ0v) is 16.1. The van der Waals surface area contributed by atoms with Gasteiger partial charge in [-0.25, -0.2) is 4.68 Å². The largest absolute Gasteiger partial charge is 0.336 e. The maximum absolute atomic E-state index is 12.5. The van der Waals surface area contributed by atoms with Gasteiger partial charge < -0.3 is 9.80 Å². The summed E-state index contributed by atoms with van der Waals surface area (Å²) in [5, 5.41) is 6.23. The maximum atomic E-state index is 12.5. The van der Waals surface area contributed by atoms with Gasteiger partial charge >= 0.3 is 0 Å². The average Bonchev–Trinajstić information content (AvgIpc) is 3.44. The Balaban J connectivity index is 1.32. The van der Waals surface area contributed by atoms with Crippen LogP contribution in [-0.4, -0.2) is 57.6 Å². The standard InChI is InChI=1S/C21H20N4O2S/c26-20(9-8-17-15-22-25(16-17)18-5-2-1-3-6-18)23-10-12-24(13-11-23)21(27)19-7-4-14-28-19/h1-9,14-16H,10-13H2/b9-8+. The maximum Gasteiger partial charge on any atom is 0.264 e. The Labute approximate surface area is 167 Å². The molecule has 7 heteroatoms. The molecule has 0 spiro atoms. The number of hydrogen-bond acceptors (Lipinski definition) is 4. The van der Waals surface area contributed by atoms with Crippen LogP contribution in [0, 0.1) is 0 Å². The highest BCUT2D eigenvalue weighted by molar-refractivity contribution is 7.12. The number of hydrogen-bond donors (Lipinski definition) is 0. The van der Waals surface area contributed by atoms with E-state index in [4.69, 9.17) is 0 Å². The lowest BCUT2D eigenvalue weighted by Gasteiger charge is -2.34. The van der Waals surface area contributed by atoms with Gasteiger partial charge in [0.05, 0.1) is 16.8 Å². The summed E-state index contributed by atoms with van der Waals surface area (Å²) < 4.78 is 1.78. The second-order valence-corrected chi connectivity index (χ2v) is 7.43. The van der Waals surface area contributed by atoms with Gasteiger partial charge in [0.2, 0.25) is 5.91 Å². The van der Waals surface area contributed by atoms with E-state index in [1.807, 2.05) is 58.9 Å². The van der Waals surface area contributed by atoms with E-state index in [9.17, 15) is 9.59 Å². The molecular formula is C21H20N4O2S. The van der Waals surface area contributed by atoms with Gasteiger partial charge in [-0.1, -0.05) is 24.3 Å². The van der Waals surface area contributed by atoms with Gasteiger partial charge in [-0.3, -0.25) is 9.59 Å². The van der Waals surface area contributed by atoms with E-state index in [0.717, 1.165) is 16.1 Å². The van der Waals surface area contributed by atoms with E-state index in [2.05, 4.69) is 5.10 Å². The van der Waals surface area contributed by atoms with Crippen molar-refractivity contribution in [2.24, 2.45) is 0 Å². The van der Waals surface area contributed by atoms with Crippen LogP contribution in [0.2, 0.25) is 0 Å². The highest BCUT2D eigenvalue weighted by Crippen LogP contribution is 2.14. The molecule has 0 bridgehead atoms. The highest BCUT2D eigenvalue weighted by atomic mass is 32.1. The summed E-state index contributed by atoms with van der Waals surface area (Å²) in [5.74, 6) is 0.00153. The van der Waals surface area contributed by atoms with Crippen LogP contribution >= 0.6 is 11.3 Å². The molecule has 1 fully saturated rings. The third kappa shape index (κ3) is 4.04. The molecule has 0 unspecified atom stereocenters. The number of piperazine rings is 1. The first-order chi connectivity index (χ1) is 13.7. The number of carbonyl (C=O) groups excluding carboxylic acids is 2. The van der Waals surface area contributed by atoms with Crippen LogP contribution in [0.4, 0.5) is 0 Å². The normalized spacial score (nSPS) is 14.6. The summed E-state index contributed by atoms with van der Waals surface area (Å²) in [5.41, 5.74) is 1.84. The fourth-order valence-corrected chi connectivity index (χ4v) is 3.79. The molecule has 0 N–H and O–H groups in total. The van der Waals surface area contributed by atoms with Crippen LogP contribution < -0.4 is 0 Å². The van der Waals surface area contributed by atoms with E-state index >= 15 is 0 Å². The molecule has 1 aliphatic rings. The molecule has 28 heavy (non-hydrogen) atoms. The van der Waals surface area contributed by atoms with Crippen molar-refractivity contribution in [1.82, 2.24) is 19.6 Å². The van der Waals surface area contributed by atoms with E-state index in [-0.39, 0.29) is 11.8 Å². The van der Waals surface area contributed by atoms with Crippen LogP contribution in [0.25, 0.3) is 11.8 Å². The Morgan fingerprint density at radius 2 is 1.71 bits per heavy atom. The first kappa shape index (κ1) is 18.2. The highest BCUT2D eigenvalue weighted by Gasteiger charge is 2.24. The molecule has 3 heterocycles. The second-order valence-electron chi connectivity index (χ2n) is 6.48. The van der Waals surface area contributed by atoms with Crippen LogP contribution in [0.5, 0.6) is 0 Å². The third-order valence-corrected chi connectivity index (χ3v) is 5.51. The van der Waals surface area contributed by atoms with E-state index in [0.29, 0.717) is 26.2 Å². The number of benzene rings is 1. The number of para-hydroxylation sites is 1. The molecule has 0 radical (unpaired) electrons. The predicted molar refractivity (Wildman–Crippen MR) is 109 cm³/mol. The molecule has 0 saturated carbocycles. The van der Waals surface area contributed by atoms with Crippen molar-refractivity contribution in [2.45, 2.75) is 0 Å². The molecule has 1 aromatic carbocycles. The monoisotopic (exact) mass is 392 g/mol. The number of thiophene rings is 1. The smallest absolute Gasteiger partial charge is 0.264 e. The lowest BCUT2D eigenvalue weighted by atomic mass is 10.2. The van der Waals surface area contributed by atoms with Crippen LogP contribution in [0.15, 0.2) is 66.3 Å². The zero-order valence-electron chi connectivity index (χ0n) is 15.3. The zero-order chi connectivity index (χ0) is 19.3. The molecular weight excluding hydrogens is 372 g/mol. The molecule has 0 aliphatic carbocycles. The van der Waals surface area contributed by atoms with Crippen molar-refractivity contribution in [3.05, 3.63) is 76.8 Å². The van der Waals surface area contributed by atoms with Gasteiger partial charge in [0.25, 0.3) is 5.91 Å². The number of nitrogens with zero attached hydrogens (tertiary/aromatic N) is 4. The number of aromatic nitrogens is 2. The van der Waals surface area contributed by atoms with Crippen molar-refractivity contribution < 1.29 is 9.59 Å². The molecule has 2 amide bonds. The summed E-state index contributed by atoms with van der Waals surface area (Å²) in [6.45, 7) is 2.21. The molecule has 6 nitrogen and oxygen atoms in total. The Bertz CT molecular complexity index is 971. The van der Waals surface area contributed by atoms with Gasteiger partial charge in [0.1, 0.15) is 0 Å². The van der Waals surface area contributed by atoms with E-state index in [1.54, 1.807) is 27.9 Å². The summed E-state index contributed by atoms with van der Waals surface area (Å²) in [6.07, 6.45) is 6.96.